The van der Waals surface area contributed by atoms with Gasteiger partial charge in [-0.25, -0.2) is 8.78 Å². The minimum atomic E-state index is -2.50. The van der Waals surface area contributed by atoms with Crippen molar-refractivity contribution in [1.29, 1.82) is 0 Å². The summed E-state index contributed by atoms with van der Waals surface area (Å²) in [5.41, 5.74) is -0.547. The molecule has 0 aliphatic carbocycles. The fourth-order valence-corrected chi connectivity index (χ4v) is 0.905. The van der Waals surface area contributed by atoms with Crippen LogP contribution in [0.1, 0.15) is 20.8 Å². The zero-order valence-electron chi connectivity index (χ0n) is 8.05. The van der Waals surface area contributed by atoms with Crippen molar-refractivity contribution in [2.45, 2.75) is 32.7 Å². The highest BCUT2D eigenvalue weighted by molar-refractivity contribution is 5.69. The van der Waals surface area contributed by atoms with Crippen molar-refractivity contribution >= 4 is 5.97 Å². The monoisotopic (exact) mass is 195 g/mol. The lowest BCUT2D eigenvalue weighted by Crippen LogP contribution is -2.46. The molecule has 0 fully saturated rings. The summed E-state index contributed by atoms with van der Waals surface area (Å²) in [6, 6.07) is 0. The number of nitrogens with zero attached hydrogens (tertiary/aromatic N) is 1. The molecular formula is C8H15F2NO2. The predicted octanol–water partition coefficient (Wildman–Crippen LogP) is 1.44. The Bertz CT molecular complexity index is 177. The Labute approximate surface area is 76.3 Å². The lowest BCUT2D eigenvalue weighted by atomic mass is 10.1. The number of hydrogen-bond acceptors (Lipinski definition) is 2. The number of aliphatic carboxylic acids is 1. The van der Waals surface area contributed by atoms with Crippen LogP contribution < -0.4 is 0 Å². The minimum absolute atomic E-state index is 0.353. The highest BCUT2D eigenvalue weighted by atomic mass is 19.3. The quantitative estimate of drug-likeness (QED) is 0.737. The molecule has 0 spiro atoms. The summed E-state index contributed by atoms with van der Waals surface area (Å²) in [6.07, 6.45) is -2.50. The van der Waals surface area contributed by atoms with Crippen LogP contribution in [0.2, 0.25) is 0 Å². The second kappa shape index (κ2) is 4.50. The molecule has 0 atom stereocenters. The average Bonchev–Trinajstić information content (AvgIpc) is 1.81. The van der Waals surface area contributed by atoms with E-state index >= 15 is 0 Å². The van der Waals surface area contributed by atoms with Gasteiger partial charge in [-0.15, -0.1) is 0 Å². The Balaban J connectivity index is 4.28. The third kappa shape index (κ3) is 5.52. The van der Waals surface area contributed by atoms with Gasteiger partial charge in [0.1, 0.15) is 0 Å². The number of carboxylic acids is 1. The molecule has 1 N–H and O–H groups in total. The average molecular weight is 195 g/mol. The smallest absolute Gasteiger partial charge is 0.317 e. The normalized spacial score (nSPS) is 12.5. The van der Waals surface area contributed by atoms with E-state index < -0.39 is 24.5 Å². The van der Waals surface area contributed by atoms with Crippen LogP contribution in [-0.4, -0.2) is 41.0 Å². The maximum atomic E-state index is 12.0. The van der Waals surface area contributed by atoms with Crippen LogP contribution in [0.5, 0.6) is 0 Å². The summed E-state index contributed by atoms with van der Waals surface area (Å²) in [7, 11) is 0. The molecule has 0 radical (unpaired) electrons. The number of rotatable bonds is 4. The lowest BCUT2D eigenvalue weighted by Gasteiger charge is -2.33. The molecular weight excluding hydrogens is 180 g/mol. The van der Waals surface area contributed by atoms with Crippen LogP contribution in [0.3, 0.4) is 0 Å². The van der Waals surface area contributed by atoms with Crippen molar-refractivity contribution in [3.63, 3.8) is 0 Å². The highest BCUT2D eigenvalue weighted by Crippen LogP contribution is 2.14. The summed E-state index contributed by atoms with van der Waals surface area (Å²) in [5, 5.41) is 8.47. The van der Waals surface area contributed by atoms with E-state index in [9.17, 15) is 13.6 Å². The maximum Gasteiger partial charge on any atom is 0.317 e. The number of carbonyl (C=O) groups is 1. The first-order valence-corrected chi connectivity index (χ1v) is 3.98. The molecule has 5 heteroatoms. The minimum Gasteiger partial charge on any atom is -0.480 e. The van der Waals surface area contributed by atoms with E-state index in [2.05, 4.69) is 0 Å². The summed E-state index contributed by atoms with van der Waals surface area (Å²) >= 11 is 0. The fourth-order valence-electron chi connectivity index (χ4n) is 0.905. The fraction of sp³-hybridized carbons (Fsp3) is 0.875. The van der Waals surface area contributed by atoms with Crippen molar-refractivity contribution in [2.24, 2.45) is 0 Å². The molecule has 0 unspecified atom stereocenters. The van der Waals surface area contributed by atoms with Gasteiger partial charge in [0.25, 0.3) is 6.43 Å². The van der Waals surface area contributed by atoms with E-state index in [0.717, 1.165) is 0 Å². The van der Waals surface area contributed by atoms with Gasteiger partial charge < -0.3 is 5.11 Å². The molecule has 0 heterocycles. The van der Waals surface area contributed by atoms with E-state index in [1.54, 1.807) is 20.8 Å². The Hall–Kier alpha value is -0.710. The van der Waals surface area contributed by atoms with Crippen molar-refractivity contribution in [1.82, 2.24) is 4.90 Å². The van der Waals surface area contributed by atoms with E-state index in [1.165, 1.54) is 4.90 Å². The van der Waals surface area contributed by atoms with Crippen LogP contribution in [0, 0.1) is 0 Å². The van der Waals surface area contributed by atoms with Gasteiger partial charge in [0.15, 0.2) is 0 Å². The molecule has 0 aromatic heterocycles. The van der Waals surface area contributed by atoms with Crippen LogP contribution >= 0.6 is 0 Å². The Morgan fingerprint density at radius 3 is 2.15 bits per heavy atom. The van der Waals surface area contributed by atoms with Crippen molar-refractivity contribution < 1.29 is 18.7 Å². The molecule has 0 aromatic carbocycles. The van der Waals surface area contributed by atoms with Gasteiger partial charge >= 0.3 is 5.97 Å². The molecule has 13 heavy (non-hydrogen) atoms. The molecule has 0 amide bonds. The summed E-state index contributed by atoms with van der Waals surface area (Å²) in [5.74, 6) is -1.09. The zero-order chi connectivity index (χ0) is 10.6. The van der Waals surface area contributed by atoms with Gasteiger partial charge in [-0.2, -0.15) is 0 Å². The third-order valence-electron chi connectivity index (χ3n) is 1.63. The van der Waals surface area contributed by atoms with Crippen LogP contribution in [0.25, 0.3) is 0 Å². The Morgan fingerprint density at radius 1 is 1.46 bits per heavy atom. The first-order chi connectivity index (χ1) is 5.73. The number of hydrogen-bond donors (Lipinski definition) is 1. The molecule has 0 aliphatic heterocycles. The van der Waals surface area contributed by atoms with E-state index in [0.29, 0.717) is 0 Å². The van der Waals surface area contributed by atoms with E-state index in [-0.39, 0.29) is 6.54 Å². The van der Waals surface area contributed by atoms with Crippen LogP contribution in [0.4, 0.5) is 8.78 Å². The van der Waals surface area contributed by atoms with Crippen LogP contribution in [0.15, 0.2) is 0 Å². The molecule has 78 valence electrons. The predicted molar refractivity (Wildman–Crippen MR) is 45.0 cm³/mol. The standard InChI is InChI=1S/C8H15F2NO2/c1-8(2,3)11(4-6(9)10)5-7(12)13/h6H,4-5H2,1-3H3,(H,12,13). The summed E-state index contributed by atoms with van der Waals surface area (Å²) in [4.78, 5) is 11.6. The maximum absolute atomic E-state index is 12.0. The van der Waals surface area contributed by atoms with Crippen LogP contribution in [-0.2, 0) is 4.79 Å². The van der Waals surface area contributed by atoms with Crippen molar-refractivity contribution in [3.8, 4) is 0 Å². The first-order valence-electron chi connectivity index (χ1n) is 3.98. The molecule has 0 rings (SSSR count). The molecule has 3 nitrogen and oxygen atoms in total. The summed E-state index contributed by atoms with van der Waals surface area (Å²) in [6.45, 7) is 4.26. The second-order valence-corrected chi connectivity index (χ2v) is 3.84. The lowest BCUT2D eigenvalue weighted by molar-refractivity contribution is -0.140. The highest BCUT2D eigenvalue weighted by Gasteiger charge is 2.25. The second-order valence-electron chi connectivity index (χ2n) is 3.84. The molecule has 0 bridgehead atoms. The van der Waals surface area contributed by atoms with Gasteiger partial charge in [0.05, 0.1) is 13.1 Å². The number of carboxylic acid groups (broad SMARTS) is 1. The zero-order valence-corrected chi connectivity index (χ0v) is 8.05. The Morgan fingerprint density at radius 2 is 1.92 bits per heavy atom. The number of halogens is 2. The van der Waals surface area contributed by atoms with Gasteiger partial charge in [0.2, 0.25) is 0 Å². The van der Waals surface area contributed by atoms with Gasteiger partial charge in [-0.05, 0) is 20.8 Å². The van der Waals surface area contributed by atoms with Crippen molar-refractivity contribution in [2.75, 3.05) is 13.1 Å². The molecule has 0 aromatic rings. The van der Waals surface area contributed by atoms with E-state index in [4.69, 9.17) is 5.11 Å². The Kier molecular flexibility index (Phi) is 4.26. The molecule has 0 aliphatic rings. The SMILES string of the molecule is CC(C)(C)N(CC(=O)O)CC(F)F. The first kappa shape index (κ1) is 12.3. The molecule has 0 saturated heterocycles. The van der Waals surface area contributed by atoms with Gasteiger partial charge in [-0.3, -0.25) is 9.69 Å². The van der Waals surface area contributed by atoms with E-state index in [1.807, 2.05) is 0 Å². The largest absolute Gasteiger partial charge is 0.480 e. The third-order valence-corrected chi connectivity index (χ3v) is 1.63. The van der Waals surface area contributed by atoms with Gasteiger partial charge in [0, 0.05) is 5.54 Å². The van der Waals surface area contributed by atoms with Gasteiger partial charge in [-0.1, -0.05) is 0 Å². The number of alkyl halides is 2. The molecule has 0 saturated carbocycles. The topological polar surface area (TPSA) is 40.5 Å². The summed E-state index contributed by atoms with van der Waals surface area (Å²) < 4.78 is 24.1. The van der Waals surface area contributed by atoms with Crippen molar-refractivity contribution in [3.05, 3.63) is 0 Å².